The second-order valence-electron chi connectivity index (χ2n) is 6.56. The number of carbonyl (C=O) groups is 1. The molecule has 1 aromatic heterocycles. The van der Waals surface area contributed by atoms with Crippen LogP contribution in [0.25, 0.3) is 11.3 Å². The van der Waals surface area contributed by atoms with Gasteiger partial charge in [-0.3, -0.25) is 9.89 Å². The minimum atomic E-state index is -0.430. The standard InChI is InChI=1S/C20H18F2N4O/c21-15-6-4-13(5-7-15)18-11-19(25-24-18)26-9-8-17(12-26)23-20(27)14-2-1-3-16(22)10-14/h1-7,10-11,17H,8-9,12H2,(H,23,27)(H,24,25)/t17-/m0/s1. The number of H-pyrrole nitrogens is 1. The lowest BCUT2D eigenvalue weighted by Gasteiger charge is -2.16. The summed E-state index contributed by atoms with van der Waals surface area (Å²) in [6, 6.07) is 13.7. The van der Waals surface area contributed by atoms with Crippen molar-refractivity contribution in [2.75, 3.05) is 18.0 Å². The van der Waals surface area contributed by atoms with Gasteiger partial charge in [0.1, 0.15) is 11.6 Å². The van der Waals surface area contributed by atoms with Gasteiger partial charge in [-0.15, -0.1) is 0 Å². The number of benzene rings is 2. The van der Waals surface area contributed by atoms with E-state index in [2.05, 4.69) is 20.4 Å². The smallest absolute Gasteiger partial charge is 0.251 e. The predicted molar refractivity (Wildman–Crippen MR) is 98.5 cm³/mol. The van der Waals surface area contributed by atoms with E-state index in [0.717, 1.165) is 30.0 Å². The van der Waals surface area contributed by atoms with Gasteiger partial charge < -0.3 is 10.2 Å². The van der Waals surface area contributed by atoms with Crippen molar-refractivity contribution in [3.63, 3.8) is 0 Å². The van der Waals surface area contributed by atoms with Crippen LogP contribution >= 0.6 is 0 Å². The molecule has 0 aliphatic carbocycles. The quantitative estimate of drug-likeness (QED) is 0.742. The Balaban J connectivity index is 1.40. The van der Waals surface area contributed by atoms with E-state index in [1.165, 1.54) is 30.3 Å². The van der Waals surface area contributed by atoms with Crippen molar-refractivity contribution >= 4 is 11.7 Å². The molecule has 1 fully saturated rings. The Hall–Kier alpha value is -3.22. The molecule has 3 aromatic rings. The summed E-state index contributed by atoms with van der Waals surface area (Å²) in [5.41, 5.74) is 1.97. The minimum absolute atomic E-state index is 0.0354. The van der Waals surface area contributed by atoms with Crippen LogP contribution in [0.4, 0.5) is 14.6 Å². The molecule has 1 aliphatic heterocycles. The number of hydrogen-bond acceptors (Lipinski definition) is 3. The van der Waals surface area contributed by atoms with Crippen molar-refractivity contribution in [2.24, 2.45) is 0 Å². The van der Waals surface area contributed by atoms with E-state index in [-0.39, 0.29) is 17.8 Å². The number of rotatable bonds is 4. The molecule has 138 valence electrons. The number of amides is 1. The molecule has 2 N–H and O–H groups in total. The lowest BCUT2D eigenvalue weighted by atomic mass is 10.1. The van der Waals surface area contributed by atoms with Crippen LogP contribution in [0, 0.1) is 11.6 Å². The predicted octanol–water partition coefficient (Wildman–Crippen LogP) is 3.36. The molecule has 0 saturated carbocycles. The Labute approximate surface area is 155 Å². The highest BCUT2D eigenvalue weighted by atomic mass is 19.1. The monoisotopic (exact) mass is 368 g/mol. The highest BCUT2D eigenvalue weighted by Gasteiger charge is 2.26. The molecule has 0 radical (unpaired) electrons. The highest BCUT2D eigenvalue weighted by molar-refractivity contribution is 5.94. The van der Waals surface area contributed by atoms with E-state index in [0.29, 0.717) is 12.1 Å². The third kappa shape index (κ3) is 3.81. The first-order valence-corrected chi connectivity index (χ1v) is 8.71. The zero-order valence-electron chi connectivity index (χ0n) is 14.5. The van der Waals surface area contributed by atoms with Crippen LogP contribution in [0.3, 0.4) is 0 Å². The summed E-state index contributed by atoms with van der Waals surface area (Å²) in [6.45, 7) is 1.37. The van der Waals surface area contributed by atoms with Gasteiger partial charge in [0.05, 0.1) is 5.69 Å². The molecule has 0 bridgehead atoms. The molecule has 2 heterocycles. The van der Waals surface area contributed by atoms with E-state index >= 15 is 0 Å². The fraction of sp³-hybridized carbons (Fsp3) is 0.200. The van der Waals surface area contributed by atoms with E-state index in [9.17, 15) is 13.6 Å². The summed E-state index contributed by atoms with van der Waals surface area (Å²) >= 11 is 0. The van der Waals surface area contributed by atoms with Crippen LogP contribution in [0.1, 0.15) is 16.8 Å². The third-order valence-electron chi connectivity index (χ3n) is 4.65. The second kappa shape index (κ2) is 7.19. The van der Waals surface area contributed by atoms with Crippen molar-refractivity contribution < 1.29 is 13.6 Å². The normalized spacial score (nSPS) is 16.5. The molecule has 4 rings (SSSR count). The molecule has 27 heavy (non-hydrogen) atoms. The average molecular weight is 368 g/mol. The summed E-state index contributed by atoms with van der Waals surface area (Å²) in [6.07, 6.45) is 0.778. The van der Waals surface area contributed by atoms with Gasteiger partial charge in [0.2, 0.25) is 0 Å². The van der Waals surface area contributed by atoms with Gasteiger partial charge in [-0.25, -0.2) is 8.78 Å². The Morgan fingerprint density at radius 3 is 2.70 bits per heavy atom. The van der Waals surface area contributed by atoms with Crippen molar-refractivity contribution in [3.8, 4) is 11.3 Å². The molecule has 0 spiro atoms. The van der Waals surface area contributed by atoms with Crippen LogP contribution in [0.5, 0.6) is 0 Å². The fourth-order valence-corrected chi connectivity index (χ4v) is 3.24. The van der Waals surface area contributed by atoms with E-state index in [1.54, 1.807) is 18.2 Å². The summed E-state index contributed by atoms with van der Waals surface area (Å²) < 4.78 is 26.3. The lowest BCUT2D eigenvalue weighted by molar-refractivity contribution is 0.0940. The number of nitrogens with one attached hydrogen (secondary N) is 2. The summed E-state index contributed by atoms with van der Waals surface area (Å²) in [4.78, 5) is 14.3. The van der Waals surface area contributed by atoms with Crippen molar-refractivity contribution in [2.45, 2.75) is 12.5 Å². The summed E-state index contributed by atoms with van der Waals surface area (Å²) in [5, 5.41) is 10.2. The molecule has 7 heteroatoms. The van der Waals surface area contributed by atoms with Gasteiger partial charge in [0, 0.05) is 30.8 Å². The van der Waals surface area contributed by atoms with E-state index < -0.39 is 5.82 Å². The SMILES string of the molecule is O=C(N[C@H]1CCN(c2cc(-c3ccc(F)cc3)[nH]n2)C1)c1cccc(F)c1. The fourth-order valence-electron chi connectivity index (χ4n) is 3.24. The molecular formula is C20H18F2N4O. The molecule has 5 nitrogen and oxygen atoms in total. The Morgan fingerprint density at radius 1 is 1.11 bits per heavy atom. The van der Waals surface area contributed by atoms with Crippen LogP contribution in [0.2, 0.25) is 0 Å². The maximum Gasteiger partial charge on any atom is 0.251 e. The molecule has 1 amide bonds. The number of aromatic nitrogens is 2. The van der Waals surface area contributed by atoms with Crippen LogP contribution in [-0.2, 0) is 0 Å². The summed E-state index contributed by atoms with van der Waals surface area (Å²) in [7, 11) is 0. The maximum atomic E-state index is 13.3. The minimum Gasteiger partial charge on any atom is -0.353 e. The van der Waals surface area contributed by atoms with E-state index in [4.69, 9.17) is 0 Å². The zero-order valence-corrected chi connectivity index (χ0v) is 14.5. The number of halogens is 2. The molecule has 2 aromatic carbocycles. The van der Waals surface area contributed by atoms with Crippen LogP contribution < -0.4 is 10.2 Å². The number of carbonyl (C=O) groups excluding carboxylic acids is 1. The highest BCUT2D eigenvalue weighted by Crippen LogP contribution is 2.24. The number of anilines is 1. The maximum absolute atomic E-state index is 13.3. The average Bonchev–Trinajstić information content (AvgIpc) is 3.32. The van der Waals surface area contributed by atoms with Gasteiger partial charge in [0.25, 0.3) is 5.91 Å². The van der Waals surface area contributed by atoms with Crippen molar-refractivity contribution in [1.29, 1.82) is 0 Å². The molecule has 1 aliphatic rings. The Morgan fingerprint density at radius 2 is 1.93 bits per heavy atom. The first-order valence-electron chi connectivity index (χ1n) is 8.71. The Bertz CT molecular complexity index is 955. The molecule has 0 unspecified atom stereocenters. The Kier molecular flexibility index (Phi) is 4.58. The van der Waals surface area contributed by atoms with Gasteiger partial charge in [0.15, 0.2) is 5.82 Å². The number of nitrogens with zero attached hydrogens (tertiary/aromatic N) is 2. The molecule has 1 atom stereocenters. The first kappa shape index (κ1) is 17.2. The van der Waals surface area contributed by atoms with E-state index in [1.807, 2.05) is 6.07 Å². The lowest BCUT2D eigenvalue weighted by Crippen LogP contribution is -2.37. The van der Waals surface area contributed by atoms with Crippen molar-refractivity contribution in [1.82, 2.24) is 15.5 Å². The van der Waals surface area contributed by atoms with Gasteiger partial charge in [-0.1, -0.05) is 6.07 Å². The number of aromatic amines is 1. The third-order valence-corrected chi connectivity index (χ3v) is 4.65. The van der Waals surface area contributed by atoms with Crippen molar-refractivity contribution in [3.05, 3.63) is 71.8 Å². The first-order chi connectivity index (χ1) is 13.1. The molecular weight excluding hydrogens is 350 g/mol. The van der Waals surface area contributed by atoms with Gasteiger partial charge in [-0.2, -0.15) is 5.10 Å². The topological polar surface area (TPSA) is 61.0 Å². The zero-order chi connectivity index (χ0) is 18.8. The van der Waals surface area contributed by atoms with Crippen LogP contribution in [0.15, 0.2) is 54.6 Å². The summed E-state index contributed by atoms with van der Waals surface area (Å²) in [5.74, 6) is -0.220. The number of hydrogen-bond donors (Lipinski definition) is 2. The largest absolute Gasteiger partial charge is 0.353 e. The van der Waals surface area contributed by atoms with Gasteiger partial charge in [-0.05, 0) is 54.4 Å². The van der Waals surface area contributed by atoms with Gasteiger partial charge >= 0.3 is 0 Å². The molecule has 1 saturated heterocycles. The second-order valence-corrected chi connectivity index (χ2v) is 6.56. The van der Waals surface area contributed by atoms with Crippen LogP contribution in [-0.4, -0.2) is 35.2 Å².